The second-order valence-electron chi connectivity index (χ2n) is 7.33. The molecule has 2 heterocycles. The van der Waals surface area contributed by atoms with Crippen LogP contribution in [-0.4, -0.2) is 22.9 Å². The molecular weight excluding hydrogens is 438 g/mol. The minimum absolute atomic E-state index is 0.0208. The summed E-state index contributed by atoms with van der Waals surface area (Å²) in [6, 6.07) is 21.6. The van der Waals surface area contributed by atoms with Gasteiger partial charge in [-0.2, -0.15) is 0 Å². The van der Waals surface area contributed by atoms with E-state index in [0.717, 1.165) is 0 Å². The molecule has 168 valence electrons. The highest BCUT2D eigenvalue weighted by Gasteiger charge is 2.19. The first-order chi connectivity index (χ1) is 16.5. The summed E-state index contributed by atoms with van der Waals surface area (Å²) >= 11 is 0. The van der Waals surface area contributed by atoms with E-state index in [1.54, 1.807) is 61.7 Å². The number of ether oxygens (including phenoxy) is 1. The van der Waals surface area contributed by atoms with Gasteiger partial charge in [-0.05, 0) is 48.5 Å². The lowest BCUT2D eigenvalue weighted by molar-refractivity contribution is -0.384. The van der Waals surface area contributed by atoms with Gasteiger partial charge in [0.1, 0.15) is 17.0 Å². The predicted molar refractivity (Wildman–Crippen MR) is 125 cm³/mol. The third-order valence-corrected chi connectivity index (χ3v) is 5.16. The molecule has 1 amide bonds. The number of carbonyl (C=O) groups is 1. The van der Waals surface area contributed by atoms with Crippen molar-refractivity contribution in [1.29, 1.82) is 0 Å². The van der Waals surface area contributed by atoms with Gasteiger partial charge < -0.3 is 18.9 Å². The number of hydrogen-bond donors (Lipinski definition) is 1. The predicted octanol–water partition coefficient (Wildman–Crippen LogP) is 5.92. The summed E-state index contributed by atoms with van der Waals surface area (Å²) in [5.41, 5.74) is 2.64. The van der Waals surface area contributed by atoms with Crippen LogP contribution in [0.15, 0.2) is 87.7 Å². The van der Waals surface area contributed by atoms with Crippen LogP contribution >= 0.6 is 0 Å². The largest absolute Gasteiger partial charge is 0.497 e. The number of benzene rings is 3. The quantitative estimate of drug-likeness (QED) is 0.249. The molecule has 0 aliphatic carbocycles. The molecule has 0 bridgehead atoms. The highest BCUT2D eigenvalue weighted by atomic mass is 16.6. The number of oxazole rings is 1. The van der Waals surface area contributed by atoms with E-state index in [-0.39, 0.29) is 17.2 Å². The molecular formula is C25H17N3O6. The Hall–Kier alpha value is -4.92. The first kappa shape index (κ1) is 21.0. The Morgan fingerprint density at radius 3 is 2.68 bits per heavy atom. The van der Waals surface area contributed by atoms with Crippen molar-refractivity contribution in [2.45, 2.75) is 0 Å². The van der Waals surface area contributed by atoms with E-state index >= 15 is 0 Å². The number of nitro groups is 1. The van der Waals surface area contributed by atoms with Crippen molar-refractivity contribution in [3.05, 3.63) is 94.7 Å². The van der Waals surface area contributed by atoms with Gasteiger partial charge in [-0.3, -0.25) is 14.9 Å². The molecule has 3 aromatic carbocycles. The number of fused-ring (bicyclic) bond motifs is 1. The monoisotopic (exact) mass is 455 g/mol. The molecule has 34 heavy (non-hydrogen) atoms. The van der Waals surface area contributed by atoms with Gasteiger partial charge >= 0.3 is 0 Å². The van der Waals surface area contributed by atoms with Gasteiger partial charge in [0.05, 0.1) is 17.6 Å². The van der Waals surface area contributed by atoms with E-state index in [9.17, 15) is 14.9 Å². The van der Waals surface area contributed by atoms with E-state index in [4.69, 9.17) is 13.6 Å². The highest BCUT2D eigenvalue weighted by molar-refractivity contribution is 6.03. The summed E-state index contributed by atoms with van der Waals surface area (Å²) in [6.45, 7) is 0. The lowest BCUT2D eigenvalue weighted by atomic mass is 10.1. The van der Waals surface area contributed by atoms with Gasteiger partial charge in [-0.25, -0.2) is 4.98 Å². The summed E-state index contributed by atoms with van der Waals surface area (Å²) in [6.07, 6.45) is 0. The van der Waals surface area contributed by atoms with Crippen LogP contribution < -0.4 is 10.1 Å². The SMILES string of the molecule is COc1ccc2oc(-c3cccc(NC(=O)c4ccc(-c5ccccc5[N+](=O)[O-])o4)c3)nc2c1. The van der Waals surface area contributed by atoms with Gasteiger partial charge in [-0.15, -0.1) is 0 Å². The normalized spacial score (nSPS) is 10.9. The first-order valence-electron chi connectivity index (χ1n) is 10.2. The van der Waals surface area contributed by atoms with E-state index < -0.39 is 10.8 Å². The van der Waals surface area contributed by atoms with Crippen molar-refractivity contribution < 1.29 is 23.3 Å². The van der Waals surface area contributed by atoms with Crippen molar-refractivity contribution in [1.82, 2.24) is 4.98 Å². The van der Waals surface area contributed by atoms with Gasteiger partial charge in [0.2, 0.25) is 5.89 Å². The second-order valence-corrected chi connectivity index (χ2v) is 7.33. The molecule has 0 unspecified atom stereocenters. The number of carbonyl (C=O) groups excluding carboxylic acids is 1. The number of furan rings is 1. The van der Waals surface area contributed by atoms with Crippen LogP contribution in [-0.2, 0) is 0 Å². The number of nitrogens with zero attached hydrogens (tertiary/aromatic N) is 2. The summed E-state index contributed by atoms with van der Waals surface area (Å²) in [7, 11) is 1.58. The molecule has 0 spiro atoms. The number of rotatable bonds is 6. The molecule has 0 fully saturated rings. The molecule has 2 aromatic heterocycles. The van der Waals surface area contributed by atoms with Crippen LogP contribution in [0.1, 0.15) is 10.6 Å². The molecule has 0 aliphatic rings. The Labute approximate surface area is 192 Å². The Morgan fingerprint density at radius 1 is 1.00 bits per heavy atom. The summed E-state index contributed by atoms with van der Waals surface area (Å²) in [5, 5.41) is 14.0. The van der Waals surface area contributed by atoms with Crippen LogP contribution in [0.3, 0.4) is 0 Å². The Kier molecular flexibility index (Phi) is 5.27. The third kappa shape index (κ3) is 3.97. The van der Waals surface area contributed by atoms with Gasteiger partial charge in [0.25, 0.3) is 11.6 Å². The minimum atomic E-state index is -0.496. The second kappa shape index (κ2) is 8.55. The summed E-state index contributed by atoms with van der Waals surface area (Å²) in [4.78, 5) is 28.0. The Balaban J connectivity index is 1.38. The number of methoxy groups -OCH3 is 1. The highest BCUT2D eigenvalue weighted by Crippen LogP contribution is 2.32. The number of nitrogens with one attached hydrogen (secondary N) is 1. The van der Waals surface area contributed by atoms with Crippen molar-refractivity contribution in [2.75, 3.05) is 12.4 Å². The van der Waals surface area contributed by atoms with Crippen LogP contribution in [0, 0.1) is 10.1 Å². The molecule has 0 radical (unpaired) electrons. The van der Waals surface area contributed by atoms with Crippen molar-refractivity contribution in [3.8, 4) is 28.5 Å². The topological polar surface area (TPSA) is 121 Å². The van der Waals surface area contributed by atoms with E-state index in [2.05, 4.69) is 10.3 Å². The smallest absolute Gasteiger partial charge is 0.291 e. The van der Waals surface area contributed by atoms with Crippen LogP contribution in [0.5, 0.6) is 5.75 Å². The van der Waals surface area contributed by atoms with Gasteiger partial charge in [-0.1, -0.05) is 18.2 Å². The van der Waals surface area contributed by atoms with E-state index in [1.807, 2.05) is 6.07 Å². The van der Waals surface area contributed by atoms with Crippen molar-refractivity contribution in [2.24, 2.45) is 0 Å². The lowest BCUT2D eigenvalue weighted by Crippen LogP contribution is -2.10. The standard InChI is InChI=1S/C25H17N3O6/c1-32-17-9-10-22-19(14-17)27-25(34-22)15-5-4-6-16(13-15)26-24(29)23-12-11-21(33-23)18-7-2-3-8-20(18)28(30)31/h2-14H,1H3,(H,26,29). The lowest BCUT2D eigenvalue weighted by Gasteiger charge is -2.05. The summed E-state index contributed by atoms with van der Waals surface area (Å²) in [5.74, 6) is 0.827. The molecule has 1 N–H and O–H groups in total. The molecule has 0 aliphatic heterocycles. The molecule has 9 nitrogen and oxygen atoms in total. The number of para-hydroxylation sites is 1. The number of amides is 1. The summed E-state index contributed by atoms with van der Waals surface area (Å²) < 4.78 is 16.7. The maximum Gasteiger partial charge on any atom is 0.291 e. The molecule has 0 saturated heterocycles. The average Bonchev–Trinajstić information content (AvgIpc) is 3.51. The molecule has 9 heteroatoms. The zero-order valence-corrected chi connectivity index (χ0v) is 17.8. The zero-order valence-electron chi connectivity index (χ0n) is 17.8. The minimum Gasteiger partial charge on any atom is -0.497 e. The first-order valence-corrected chi connectivity index (χ1v) is 10.2. The number of hydrogen-bond acceptors (Lipinski definition) is 7. The van der Waals surface area contributed by atoms with Gasteiger partial charge in [0, 0.05) is 23.4 Å². The van der Waals surface area contributed by atoms with E-state index in [0.29, 0.717) is 39.6 Å². The molecule has 0 saturated carbocycles. The van der Waals surface area contributed by atoms with Crippen molar-refractivity contribution >= 4 is 28.4 Å². The Bertz CT molecular complexity index is 1530. The third-order valence-electron chi connectivity index (χ3n) is 5.16. The number of nitro benzene ring substituents is 1. The fourth-order valence-corrected chi connectivity index (χ4v) is 3.53. The zero-order chi connectivity index (χ0) is 23.7. The fraction of sp³-hybridized carbons (Fsp3) is 0.0400. The van der Waals surface area contributed by atoms with Crippen LogP contribution in [0.2, 0.25) is 0 Å². The maximum atomic E-state index is 12.7. The average molecular weight is 455 g/mol. The Morgan fingerprint density at radius 2 is 1.85 bits per heavy atom. The maximum absolute atomic E-state index is 12.7. The van der Waals surface area contributed by atoms with Crippen LogP contribution in [0.4, 0.5) is 11.4 Å². The fourth-order valence-electron chi connectivity index (χ4n) is 3.53. The van der Waals surface area contributed by atoms with Gasteiger partial charge in [0.15, 0.2) is 11.3 Å². The van der Waals surface area contributed by atoms with Crippen LogP contribution in [0.25, 0.3) is 33.9 Å². The number of aromatic nitrogens is 1. The molecule has 0 atom stereocenters. The molecule has 5 aromatic rings. The van der Waals surface area contributed by atoms with E-state index in [1.165, 1.54) is 18.2 Å². The van der Waals surface area contributed by atoms with Crippen molar-refractivity contribution in [3.63, 3.8) is 0 Å². The number of anilines is 1. The molecule has 5 rings (SSSR count).